The minimum Gasteiger partial charge on any atom is -0.399 e. The molecule has 3 rings (SSSR count). The van der Waals surface area contributed by atoms with Gasteiger partial charge in [0.1, 0.15) is 24.3 Å². The van der Waals surface area contributed by atoms with E-state index in [1.807, 2.05) is 0 Å². The number of hydrogen-bond acceptors (Lipinski definition) is 4. The second-order valence-electron chi connectivity index (χ2n) is 4.55. The van der Waals surface area contributed by atoms with E-state index in [0.717, 1.165) is 5.52 Å². The van der Waals surface area contributed by atoms with E-state index >= 15 is 0 Å². The van der Waals surface area contributed by atoms with Gasteiger partial charge in [-0.25, -0.2) is 9.37 Å². The Morgan fingerprint density at radius 2 is 2.10 bits per heavy atom. The standard InChI is InChI=1S/C15H11FN4O/c16-12-3-2-11(5-9(12)7-17)20-14-4-1-10(18)6-13(14)19-15(20)8-21/h1-6,21H,8,18H2. The number of nitriles is 1. The molecule has 0 amide bonds. The number of aliphatic hydroxyl groups excluding tert-OH is 1. The predicted octanol–water partition coefficient (Wildman–Crippen LogP) is 2.11. The summed E-state index contributed by atoms with van der Waals surface area (Å²) in [5.74, 6) is -0.188. The van der Waals surface area contributed by atoms with Gasteiger partial charge in [0, 0.05) is 11.4 Å². The second kappa shape index (κ2) is 4.89. The number of hydrogen-bond donors (Lipinski definition) is 2. The Bertz CT molecular complexity index is 879. The maximum absolute atomic E-state index is 13.4. The van der Waals surface area contributed by atoms with Gasteiger partial charge in [-0.3, -0.25) is 4.57 Å². The van der Waals surface area contributed by atoms with E-state index in [1.165, 1.54) is 18.2 Å². The van der Waals surface area contributed by atoms with Crippen LogP contribution in [0.4, 0.5) is 10.1 Å². The molecule has 0 aliphatic carbocycles. The number of aliphatic hydroxyl groups is 1. The maximum Gasteiger partial charge on any atom is 0.141 e. The molecule has 0 fully saturated rings. The van der Waals surface area contributed by atoms with E-state index in [1.54, 1.807) is 28.8 Å². The third-order valence-corrected chi connectivity index (χ3v) is 3.22. The summed E-state index contributed by atoms with van der Waals surface area (Å²) in [5, 5.41) is 18.4. The normalized spacial score (nSPS) is 10.7. The lowest BCUT2D eigenvalue weighted by atomic mass is 10.2. The van der Waals surface area contributed by atoms with Crippen LogP contribution in [0.2, 0.25) is 0 Å². The first-order valence-electron chi connectivity index (χ1n) is 6.22. The van der Waals surface area contributed by atoms with Crippen molar-refractivity contribution in [2.45, 2.75) is 6.61 Å². The Labute approximate surface area is 119 Å². The van der Waals surface area contributed by atoms with Crippen LogP contribution in [0.1, 0.15) is 11.4 Å². The summed E-state index contributed by atoms with van der Waals surface area (Å²) in [6, 6.07) is 11.2. The molecule has 21 heavy (non-hydrogen) atoms. The van der Waals surface area contributed by atoms with E-state index < -0.39 is 5.82 Å². The molecule has 0 saturated heterocycles. The molecule has 0 radical (unpaired) electrons. The van der Waals surface area contributed by atoms with Gasteiger partial charge in [0.15, 0.2) is 0 Å². The molecule has 0 bridgehead atoms. The quantitative estimate of drug-likeness (QED) is 0.705. The highest BCUT2D eigenvalue weighted by Gasteiger charge is 2.13. The van der Waals surface area contributed by atoms with Gasteiger partial charge >= 0.3 is 0 Å². The molecule has 0 atom stereocenters. The minimum absolute atomic E-state index is 0.0614. The number of halogens is 1. The van der Waals surface area contributed by atoms with Crippen molar-refractivity contribution in [3.8, 4) is 11.8 Å². The average Bonchev–Trinajstić information content (AvgIpc) is 2.85. The first-order valence-corrected chi connectivity index (χ1v) is 6.22. The maximum atomic E-state index is 13.4. The van der Waals surface area contributed by atoms with Gasteiger partial charge in [-0.05, 0) is 36.4 Å². The number of benzene rings is 2. The van der Waals surface area contributed by atoms with Gasteiger partial charge in [-0.2, -0.15) is 5.26 Å². The van der Waals surface area contributed by atoms with Crippen molar-refractivity contribution in [2.24, 2.45) is 0 Å². The number of nitrogens with zero attached hydrogens (tertiary/aromatic N) is 3. The van der Waals surface area contributed by atoms with Gasteiger partial charge in [0.05, 0.1) is 16.6 Å². The van der Waals surface area contributed by atoms with Crippen LogP contribution in [0.5, 0.6) is 0 Å². The van der Waals surface area contributed by atoms with Crippen molar-refractivity contribution < 1.29 is 9.50 Å². The molecule has 0 aliphatic heterocycles. The molecular weight excluding hydrogens is 271 g/mol. The van der Waals surface area contributed by atoms with Crippen LogP contribution >= 0.6 is 0 Å². The van der Waals surface area contributed by atoms with Gasteiger partial charge in [0.25, 0.3) is 0 Å². The van der Waals surface area contributed by atoms with E-state index in [-0.39, 0.29) is 12.2 Å². The highest BCUT2D eigenvalue weighted by molar-refractivity contribution is 5.81. The number of fused-ring (bicyclic) bond motifs is 1. The largest absolute Gasteiger partial charge is 0.399 e. The fourth-order valence-corrected chi connectivity index (χ4v) is 2.28. The first kappa shape index (κ1) is 13.1. The average molecular weight is 282 g/mol. The van der Waals surface area contributed by atoms with Crippen LogP contribution in [0, 0.1) is 17.1 Å². The Kier molecular flexibility index (Phi) is 3.05. The third kappa shape index (κ3) is 2.10. The third-order valence-electron chi connectivity index (χ3n) is 3.22. The minimum atomic E-state index is -0.583. The zero-order chi connectivity index (χ0) is 15.0. The molecule has 6 heteroatoms. The topological polar surface area (TPSA) is 87.9 Å². The van der Waals surface area contributed by atoms with Crippen LogP contribution in [0.3, 0.4) is 0 Å². The number of nitrogens with two attached hydrogens (primary N) is 1. The molecule has 0 aliphatic rings. The van der Waals surface area contributed by atoms with Crippen LogP contribution < -0.4 is 5.73 Å². The lowest BCUT2D eigenvalue weighted by Crippen LogP contribution is -2.02. The van der Waals surface area contributed by atoms with Gasteiger partial charge in [-0.1, -0.05) is 0 Å². The van der Waals surface area contributed by atoms with Crippen molar-refractivity contribution in [1.82, 2.24) is 9.55 Å². The van der Waals surface area contributed by atoms with E-state index in [9.17, 15) is 9.50 Å². The van der Waals surface area contributed by atoms with Crippen molar-refractivity contribution in [2.75, 3.05) is 5.73 Å². The monoisotopic (exact) mass is 282 g/mol. The number of rotatable bonds is 2. The van der Waals surface area contributed by atoms with Crippen molar-refractivity contribution in [3.05, 3.63) is 53.6 Å². The lowest BCUT2D eigenvalue weighted by Gasteiger charge is -2.08. The number of nitrogen functional groups attached to an aromatic ring is 1. The van der Waals surface area contributed by atoms with Gasteiger partial charge in [0.2, 0.25) is 0 Å². The van der Waals surface area contributed by atoms with Gasteiger partial charge < -0.3 is 10.8 Å². The molecule has 0 spiro atoms. The van der Waals surface area contributed by atoms with E-state index in [4.69, 9.17) is 11.0 Å². The summed E-state index contributed by atoms with van der Waals surface area (Å²) in [7, 11) is 0. The molecule has 3 aromatic rings. The Balaban J connectivity index is 2.31. The fourth-order valence-electron chi connectivity index (χ4n) is 2.28. The number of imidazole rings is 1. The highest BCUT2D eigenvalue weighted by atomic mass is 19.1. The van der Waals surface area contributed by atoms with E-state index in [2.05, 4.69) is 4.98 Å². The molecule has 5 nitrogen and oxygen atoms in total. The SMILES string of the molecule is N#Cc1cc(-n2c(CO)nc3cc(N)ccc32)ccc1F. The predicted molar refractivity (Wildman–Crippen MR) is 76.1 cm³/mol. The molecule has 1 heterocycles. The lowest BCUT2D eigenvalue weighted by molar-refractivity contribution is 0.270. The molecular formula is C15H11FN4O. The summed E-state index contributed by atoms with van der Waals surface area (Å²) < 4.78 is 15.1. The van der Waals surface area contributed by atoms with Crippen molar-refractivity contribution in [3.63, 3.8) is 0 Å². The highest BCUT2D eigenvalue weighted by Crippen LogP contribution is 2.24. The molecule has 0 saturated carbocycles. The second-order valence-corrected chi connectivity index (χ2v) is 4.55. The molecule has 3 N–H and O–H groups in total. The number of aromatic nitrogens is 2. The summed E-state index contributed by atoms with van der Waals surface area (Å²) >= 11 is 0. The molecule has 1 aromatic heterocycles. The van der Waals surface area contributed by atoms with Crippen LogP contribution in [-0.2, 0) is 6.61 Å². The van der Waals surface area contributed by atoms with E-state index in [0.29, 0.717) is 22.7 Å². The zero-order valence-electron chi connectivity index (χ0n) is 10.9. The summed E-state index contributed by atoms with van der Waals surface area (Å²) in [6.45, 7) is -0.284. The van der Waals surface area contributed by atoms with Crippen molar-refractivity contribution in [1.29, 1.82) is 5.26 Å². The number of anilines is 1. The Morgan fingerprint density at radius 3 is 2.81 bits per heavy atom. The smallest absolute Gasteiger partial charge is 0.141 e. The van der Waals surface area contributed by atoms with Crippen LogP contribution in [0.25, 0.3) is 16.7 Å². The summed E-state index contributed by atoms with van der Waals surface area (Å²) in [4.78, 5) is 4.30. The zero-order valence-corrected chi connectivity index (χ0v) is 10.9. The van der Waals surface area contributed by atoms with Gasteiger partial charge in [-0.15, -0.1) is 0 Å². The molecule has 2 aromatic carbocycles. The van der Waals surface area contributed by atoms with Crippen LogP contribution in [0.15, 0.2) is 36.4 Å². The summed E-state index contributed by atoms with van der Waals surface area (Å²) in [5.41, 5.74) is 8.14. The summed E-state index contributed by atoms with van der Waals surface area (Å²) in [6.07, 6.45) is 0. The molecule has 0 unspecified atom stereocenters. The van der Waals surface area contributed by atoms with Crippen molar-refractivity contribution >= 4 is 16.7 Å². The Morgan fingerprint density at radius 1 is 1.29 bits per heavy atom. The van der Waals surface area contributed by atoms with Crippen LogP contribution in [-0.4, -0.2) is 14.7 Å². The first-order chi connectivity index (χ1) is 10.1. The molecule has 104 valence electrons. The Hall–Kier alpha value is -2.91. The fraction of sp³-hybridized carbons (Fsp3) is 0.0667.